The van der Waals surface area contributed by atoms with Crippen LogP contribution >= 0.6 is 0 Å². The molecule has 0 radical (unpaired) electrons. The highest BCUT2D eigenvalue weighted by molar-refractivity contribution is 5.93. The molecule has 0 aliphatic carbocycles. The normalized spacial score (nSPS) is 13.0. The van der Waals surface area contributed by atoms with Crippen LogP contribution in [0.4, 0.5) is 21.9 Å². The molecule has 0 saturated carbocycles. The van der Waals surface area contributed by atoms with Gasteiger partial charge in [0, 0.05) is 22.6 Å². The van der Waals surface area contributed by atoms with Crippen molar-refractivity contribution < 1.29 is 14.3 Å². The number of hydrogen-bond acceptors (Lipinski definition) is 5. The van der Waals surface area contributed by atoms with Gasteiger partial charge in [0.1, 0.15) is 6.61 Å². The number of rotatable bonds is 2. The zero-order valence-corrected chi connectivity index (χ0v) is 12.4. The van der Waals surface area contributed by atoms with Gasteiger partial charge in [0.25, 0.3) is 0 Å². The average molecular weight is 314 g/mol. The first-order valence-electron chi connectivity index (χ1n) is 6.92. The Kier molecular flexibility index (Phi) is 5.03. The predicted molar refractivity (Wildman–Crippen MR) is 88.9 cm³/mol. The molecular weight excluding hydrogens is 296 g/mol. The van der Waals surface area contributed by atoms with E-state index in [0.29, 0.717) is 30.1 Å². The highest BCUT2D eigenvalue weighted by Crippen LogP contribution is 2.19. The Bertz CT molecular complexity index is 683. The van der Waals surface area contributed by atoms with Crippen LogP contribution < -0.4 is 22.1 Å². The monoisotopic (exact) mass is 314 g/mol. The molecule has 1 fully saturated rings. The Balaban J connectivity index is 0.000000174. The summed E-state index contributed by atoms with van der Waals surface area (Å²) in [5, 5.41) is 0. The molecule has 1 saturated heterocycles. The highest BCUT2D eigenvalue weighted by atomic mass is 16.6. The Hall–Kier alpha value is -3.22. The average Bonchev–Trinajstić information content (AvgIpc) is 2.95. The SMILES string of the molecule is NC(=O)c1ccc(N)cc1.Nc1ccc(N2CCOC2=O)cc1. The molecule has 120 valence electrons. The van der Waals surface area contributed by atoms with E-state index in [4.69, 9.17) is 21.9 Å². The summed E-state index contributed by atoms with van der Waals surface area (Å²) in [4.78, 5) is 23.2. The van der Waals surface area contributed by atoms with Gasteiger partial charge in [-0.3, -0.25) is 9.69 Å². The summed E-state index contributed by atoms with van der Waals surface area (Å²) in [7, 11) is 0. The fraction of sp³-hybridized carbons (Fsp3) is 0.125. The second-order valence-electron chi connectivity index (χ2n) is 4.84. The molecule has 0 bridgehead atoms. The second kappa shape index (κ2) is 7.17. The van der Waals surface area contributed by atoms with E-state index in [1.54, 1.807) is 41.3 Å². The Morgan fingerprint density at radius 2 is 1.48 bits per heavy atom. The number of cyclic esters (lactones) is 1. The molecule has 0 unspecified atom stereocenters. The molecule has 1 aliphatic heterocycles. The smallest absolute Gasteiger partial charge is 0.414 e. The quantitative estimate of drug-likeness (QED) is 0.726. The zero-order valence-electron chi connectivity index (χ0n) is 12.4. The van der Waals surface area contributed by atoms with E-state index in [0.717, 1.165) is 5.69 Å². The number of benzene rings is 2. The number of nitrogens with zero attached hydrogens (tertiary/aromatic N) is 1. The molecule has 1 heterocycles. The van der Waals surface area contributed by atoms with Gasteiger partial charge < -0.3 is 21.9 Å². The maximum Gasteiger partial charge on any atom is 0.414 e. The van der Waals surface area contributed by atoms with Gasteiger partial charge in [-0.25, -0.2) is 4.79 Å². The lowest BCUT2D eigenvalue weighted by Crippen LogP contribution is -2.23. The van der Waals surface area contributed by atoms with Crippen molar-refractivity contribution in [3.05, 3.63) is 54.1 Å². The van der Waals surface area contributed by atoms with E-state index >= 15 is 0 Å². The third-order valence-corrected chi connectivity index (χ3v) is 3.16. The third kappa shape index (κ3) is 4.37. The lowest BCUT2D eigenvalue weighted by Gasteiger charge is -2.11. The summed E-state index contributed by atoms with van der Waals surface area (Å²) >= 11 is 0. The number of hydrogen-bond donors (Lipinski definition) is 3. The number of ether oxygens (including phenoxy) is 1. The van der Waals surface area contributed by atoms with Gasteiger partial charge in [0.05, 0.1) is 6.54 Å². The fourth-order valence-corrected chi connectivity index (χ4v) is 1.93. The number of nitrogen functional groups attached to an aromatic ring is 2. The summed E-state index contributed by atoms with van der Waals surface area (Å²) in [6.07, 6.45) is -0.287. The van der Waals surface area contributed by atoms with Crippen molar-refractivity contribution in [2.75, 3.05) is 29.5 Å². The minimum absolute atomic E-state index is 0.287. The minimum atomic E-state index is -0.431. The predicted octanol–water partition coefficient (Wildman–Crippen LogP) is 1.59. The second-order valence-corrected chi connectivity index (χ2v) is 4.84. The first-order chi connectivity index (χ1) is 11.0. The van der Waals surface area contributed by atoms with Crippen molar-refractivity contribution in [2.24, 2.45) is 5.73 Å². The van der Waals surface area contributed by atoms with E-state index < -0.39 is 5.91 Å². The third-order valence-electron chi connectivity index (χ3n) is 3.16. The number of nitrogens with two attached hydrogens (primary N) is 3. The van der Waals surface area contributed by atoms with E-state index in [2.05, 4.69) is 0 Å². The van der Waals surface area contributed by atoms with Crippen LogP contribution in [0.2, 0.25) is 0 Å². The summed E-state index contributed by atoms with van der Waals surface area (Å²) in [6.45, 7) is 1.08. The Morgan fingerprint density at radius 3 is 1.91 bits per heavy atom. The molecule has 23 heavy (non-hydrogen) atoms. The van der Waals surface area contributed by atoms with Crippen LogP contribution in [0, 0.1) is 0 Å². The number of carbonyl (C=O) groups is 2. The van der Waals surface area contributed by atoms with Gasteiger partial charge in [0.2, 0.25) is 5.91 Å². The van der Waals surface area contributed by atoms with Crippen molar-refractivity contribution in [1.29, 1.82) is 0 Å². The molecule has 6 N–H and O–H groups in total. The van der Waals surface area contributed by atoms with Gasteiger partial charge in [0.15, 0.2) is 0 Å². The molecule has 7 nitrogen and oxygen atoms in total. The number of anilines is 3. The van der Waals surface area contributed by atoms with Crippen LogP contribution in [0.3, 0.4) is 0 Å². The first-order valence-corrected chi connectivity index (χ1v) is 6.92. The van der Waals surface area contributed by atoms with E-state index in [1.807, 2.05) is 12.1 Å². The lowest BCUT2D eigenvalue weighted by molar-refractivity contribution is 0.1000. The molecule has 2 aromatic carbocycles. The summed E-state index contributed by atoms with van der Waals surface area (Å²) < 4.78 is 4.81. The maximum atomic E-state index is 11.1. The molecule has 0 spiro atoms. The van der Waals surface area contributed by atoms with Gasteiger partial charge in [-0.15, -0.1) is 0 Å². The topological polar surface area (TPSA) is 125 Å². The molecule has 2 amide bonds. The van der Waals surface area contributed by atoms with E-state index in [1.165, 1.54) is 0 Å². The van der Waals surface area contributed by atoms with Crippen molar-refractivity contribution in [1.82, 2.24) is 0 Å². The fourth-order valence-electron chi connectivity index (χ4n) is 1.93. The van der Waals surface area contributed by atoms with Crippen LogP contribution in [-0.4, -0.2) is 25.2 Å². The Labute approximate surface area is 133 Å². The van der Waals surface area contributed by atoms with Crippen molar-refractivity contribution in [2.45, 2.75) is 0 Å². The van der Waals surface area contributed by atoms with Crippen LogP contribution in [0.25, 0.3) is 0 Å². The minimum Gasteiger partial charge on any atom is -0.447 e. The van der Waals surface area contributed by atoms with E-state index in [9.17, 15) is 9.59 Å². The molecule has 7 heteroatoms. The molecule has 2 aromatic rings. The zero-order chi connectivity index (χ0) is 16.8. The molecule has 3 rings (SSSR count). The molecule has 0 atom stereocenters. The number of amides is 2. The van der Waals surface area contributed by atoms with Gasteiger partial charge >= 0.3 is 6.09 Å². The van der Waals surface area contributed by atoms with Crippen molar-refractivity contribution in [3.8, 4) is 0 Å². The summed E-state index contributed by atoms with van der Waals surface area (Å²) in [6, 6.07) is 13.6. The van der Waals surface area contributed by atoms with Crippen LogP contribution in [0.5, 0.6) is 0 Å². The maximum absolute atomic E-state index is 11.1. The molecule has 0 aromatic heterocycles. The largest absolute Gasteiger partial charge is 0.447 e. The summed E-state index contributed by atoms with van der Waals surface area (Å²) in [5.74, 6) is -0.431. The number of primary amides is 1. The van der Waals surface area contributed by atoms with Gasteiger partial charge in [-0.05, 0) is 48.5 Å². The van der Waals surface area contributed by atoms with Crippen LogP contribution in [0.1, 0.15) is 10.4 Å². The first kappa shape index (κ1) is 16.2. The number of carbonyl (C=O) groups excluding carboxylic acids is 2. The summed E-state index contributed by atoms with van der Waals surface area (Å²) in [5.41, 5.74) is 18.5. The van der Waals surface area contributed by atoms with E-state index in [-0.39, 0.29) is 6.09 Å². The van der Waals surface area contributed by atoms with Crippen molar-refractivity contribution in [3.63, 3.8) is 0 Å². The molecule has 1 aliphatic rings. The lowest BCUT2D eigenvalue weighted by atomic mass is 10.2. The standard InChI is InChI=1S/C9H10N2O2.C7H8N2O/c10-7-1-3-8(4-2-7)11-5-6-13-9(11)12;8-6-3-1-5(2-4-6)7(9)10/h1-4H,5-6,10H2;1-4H,8H2,(H2,9,10). The van der Waals surface area contributed by atoms with Crippen molar-refractivity contribution >= 4 is 29.1 Å². The highest BCUT2D eigenvalue weighted by Gasteiger charge is 2.22. The van der Waals surface area contributed by atoms with Gasteiger partial charge in [-0.2, -0.15) is 0 Å². The Morgan fingerprint density at radius 1 is 0.957 bits per heavy atom. The van der Waals surface area contributed by atoms with Crippen LogP contribution in [-0.2, 0) is 4.74 Å². The van der Waals surface area contributed by atoms with Crippen LogP contribution in [0.15, 0.2) is 48.5 Å². The van der Waals surface area contributed by atoms with Gasteiger partial charge in [-0.1, -0.05) is 0 Å². The molecular formula is C16H18N4O3.